The molecule has 0 saturated heterocycles. The summed E-state index contributed by atoms with van der Waals surface area (Å²) in [6.45, 7) is 5.79. The minimum atomic E-state index is 0.508. The van der Waals surface area contributed by atoms with Gasteiger partial charge in [0.25, 0.3) is 0 Å². The van der Waals surface area contributed by atoms with Gasteiger partial charge in [-0.2, -0.15) is 0 Å². The molecule has 1 atom stereocenters. The van der Waals surface area contributed by atoms with E-state index in [-0.39, 0.29) is 0 Å². The Bertz CT molecular complexity index is 496. The minimum absolute atomic E-state index is 0.508. The third kappa shape index (κ3) is 7.99. The van der Waals surface area contributed by atoms with Crippen molar-refractivity contribution in [3.8, 4) is 0 Å². The molecule has 1 heterocycles. The van der Waals surface area contributed by atoms with Gasteiger partial charge in [-0.05, 0) is 31.4 Å². The van der Waals surface area contributed by atoms with E-state index in [0.717, 1.165) is 0 Å². The van der Waals surface area contributed by atoms with Gasteiger partial charge in [-0.3, -0.25) is 0 Å². The molecule has 0 bridgehead atoms. The monoisotopic (exact) mass is 370 g/mol. The van der Waals surface area contributed by atoms with E-state index in [1.165, 1.54) is 95.7 Å². The lowest BCUT2D eigenvalue weighted by molar-refractivity contribution is 0.273. The largest absolute Gasteiger partial charge is 0.356 e. The van der Waals surface area contributed by atoms with Crippen molar-refractivity contribution in [3.05, 3.63) is 42.7 Å². The van der Waals surface area contributed by atoms with Crippen LogP contribution in [0.2, 0.25) is 0 Å². The maximum Gasteiger partial charge on any atom is 0.105 e. The predicted molar refractivity (Wildman–Crippen MR) is 120 cm³/mol. The van der Waals surface area contributed by atoms with Crippen LogP contribution < -0.4 is 4.90 Å². The number of hydrogen-bond donors (Lipinski definition) is 0. The molecule has 1 aliphatic heterocycles. The number of unbranched alkanes of at least 4 members (excludes halogenated alkanes) is 10. The van der Waals surface area contributed by atoms with Crippen LogP contribution in [-0.4, -0.2) is 17.6 Å². The Labute approximate surface area is 168 Å². The second-order valence-corrected chi connectivity index (χ2v) is 8.08. The molecule has 1 unspecified atom stereocenters. The summed E-state index contributed by atoms with van der Waals surface area (Å²) in [5.41, 5.74) is 1.33. The van der Waals surface area contributed by atoms with Crippen LogP contribution in [0.15, 0.2) is 42.7 Å². The van der Waals surface area contributed by atoms with E-state index in [9.17, 15) is 0 Å². The second kappa shape index (κ2) is 13.7. The van der Waals surface area contributed by atoms with Crippen molar-refractivity contribution in [2.45, 2.75) is 103 Å². The Balaban J connectivity index is 1.76. The topological polar surface area (TPSA) is 6.48 Å². The van der Waals surface area contributed by atoms with E-state index >= 15 is 0 Å². The quantitative estimate of drug-likeness (QED) is 0.292. The Morgan fingerprint density at radius 1 is 0.667 bits per heavy atom. The minimum Gasteiger partial charge on any atom is -0.356 e. The highest BCUT2D eigenvalue weighted by Crippen LogP contribution is 2.28. The zero-order valence-electron chi connectivity index (χ0n) is 17.9. The van der Waals surface area contributed by atoms with Crippen molar-refractivity contribution < 1.29 is 0 Å². The molecule has 2 nitrogen and oxygen atoms in total. The fourth-order valence-corrected chi connectivity index (χ4v) is 4.08. The summed E-state index contributed by atoms with van der Waals surface area (Å²) in [6.07, 6.45) is 22.9. The molecule has 1 aromatic rings. The number of rotatable bonds is 15. The molecule has 0 spiro atoms. The summed E-state index contributed by atoms with van der Waals surface area (Å²) in [4.78, 5) is 5.08. The van der Waals surface area contributed by atoms with Crippen LogP contribution in [0.4, 0.5) is 5.69 Å². The zero-order chi connectivity index (χ0) is 19.2. The van der Waals surface area contributed by atoms with Gasteiger partial charge in [-0.25, -0.2) is 0 Å². The Hall–Kier alpha value is -1.44. The smallest absolute Gasteiger partial charge is 0.105 e. The van der Waals surface area contributed by atoms with Crippen LogP contribution in [0, 0.1) is 0 Å². The van der Waals surface area contributed by atoms with Crippen molar-refractivity contribution >= 4 is 5.69 Å². The highest BCUT2D eigenvalue weighted by atomic mass is 15.4. The molecule has 0 fully saturated rings. The van der Waals surface area contributed by atoms with E-state index in [2.05, 4.69) is 66.4 Å². The average molecular weight is 371 g/mol. The Kier molecular flexibility index (Phi) is 11.1. The predicted octanol–water partition coefficient (Wildman–Crippen LogP) is 7.72. The number of benzene rings is 1. The molecule has 1 aliphatic rings. The first kappa shape index (κ1) is 21.9. The van der Waals surface area contributed by atoms with Gasteiger partial charge in [-0.1, -0.05) is 96.3 Å². The molecule has 0 radical (unpaired) electrons. The molecular weight excluding hydrogens is 328 g/mol. The van der Waals surface area contributed by atoms with Crippen molar-refractivity contribution in [2.24, 2.45) is 0 Å². The highest BCUT2D eigenvalue weighted by molar-refractivity contribution is 5.51. The van der Waals surface area contributed by atoms with Gasteiger partial charge < -0.3 is 9.80 Å². The molecule has 0 aromatic heterocycles. The van der Waals surface area contributed by atoms with Crippen molar-refractivity contribution in [1.29, 1.82) is 0 Å². The van der Waals surface area contributed by atoms with Crippen LogP contribution >= 0.6 is 0 Å². The summed E-state index contributed by atoms with van der Waals surface area (Å²) in [7, 11) is 0. The Morgan fingerprint density at radius 3 is 1.93 bits per heavy atom. The average Bonchev–Trinajstić information content (AvgIpc) is 3.11. The summed E-state index contributed by atoms with van der Waals surface area (Å²) in [5, 5.41) is 0. The Morgan fingerprint density at radius 2 is 1.26 bits per heavy atom. The molecule has 0 amide bonds. The van der Waals surface area contributed by atoms with E-state index in [1.807, 2.05) is 0 Å². The molecule has 0 aliphatic carbocycles. The summed E-state index contributed by atoms with van der Waals surface area (Å²) < 4.78 is 0. The normalized spacial score (nSPS) is 16.4. The lowest BCUT2D eigenvalue weighted by atomic mass is 10.1. The lowest BCUT2D eigenvalue weighted by Crippen LogP contribution is -2.39. The van der Waals surface area contributed by atoms with Gasteiger partial charge in [0.05, 0.1) is 0 Å². The molecule has 152 valence electrons. The zero-order valence-corrected chi connectivity index (χ0v) is 17.9. The van der Waals surface area contributed by atoms with Crippen molar-refractivity contribution in [1.82, 2.24) is 4.90 Å². The first-order valence-corrected chi connectivity index (χ1v) is 11.6. The van der Waals surface area contributed by atoms with Crippen LogP contribution in [-0.2, 0) is 0 Å². The SMILES string of the molecule is CCCCCCCCCCN1C=CN(c2ccccc2)C1CCCCCC. The summed E-state index contributed by atoms with van der Waals surface area (Å²) in [5.74, 6) is 0. The number of nitrogens with zero attached hydrogens (tertiary/aromatic N) is 2. The number of para-hydroxylation sites is 1. The summed E-state index contributed by atoms with van der Waals surface area (Å²) in [6, 6.07) is 10.9. The molecule has 0 N–H and O–H groups in total. The van der Waals surface area contributed by atoms with E-state index < -0.39 is 0 Å². The third-order valence-corrected chi connectivity index (χ3v) is 5.76. The highest BCUT2D eigenvalue weighted by Gasteiger charge is 2.26. The maximum atomic E-state index is 2.59. The van der Waals surface area contributed by atoms with Gasteiger partial charge in [0, 0.05) is 24.6 Å². The number of hydrogen-bond acceptors (Lipinski definition) is 2. The third-order valence-electron chi connectivity index (χ3n) is 5.76. The van der Waals surface area contributed by atoms with E-state index in [4.69, 9.17) is 0 Å². The standard InChI is InChI=1S/C25H42N2/c1-3-5-7-9-10-11-12-17-21-26-22-23-27(24-18-14-13-15-19-24)25(26)20-16-8-6-4-2/h13-15,18-19,22-23,25H,3-12,16-17,20-21H2,1-2H3. The van der Waals surface area contributed by atoms with Crippen LogP contribution in [0.1, 0.15) is 97.3 Å². The summed E-state index contributed by atoms with van der Waals surface area (Å²) >= 11 is 0. The first-order chi connectivity index (χ1) is 13.4. The molecule has 2 heteroatoms. The maximum absolute atomic E-state index is 2.59. The van der Waals surface area contributed by atoms with Crippen LogP contribution in [0.3, 0.4) is 0 Å². The van der Waals surface area contributed by atoms with E-state index in [0.29, 0.717) is 6.17 Å². The van der Waals surface area contributed by atoms with Gasteiger partial charge in [0.1, 0.15) is 6.17 Å². The molecule has 27 heavy (non-hydrogen) atoms. The van der Waals surface area contributed by atoms with Crippen LogP contribution in [0.5, 0.6) is 0 Å². The van der Waals surface area contributed by atoms with Gasteiger partial charge in [0.15, 0.2) is 0 Å². The van der Waals surface area contributed by atoms with Crippen LogP contribution in [0.25, 0.3) is 0 Å². The van der Waals surface area contributed by atoms with Crippen molar-refractivity contribution in [3.63, 3.8) is 0 Å². The first-order valence-electron chi connectivity index (χ1n) is 11.6. The lowest BCUT2D eigenvalue weighted by Gasteiger charge is -2.33. The fraction of sp³-hybridized carbons (Fsp3) is 0.680. The fourth-order valence-electron chi connectivity index (χ4n) is 4.08. The number of anilines is 1. The second-order valence-electron chi connectivity index (χ2n) is 8.08. The van der Waals surface area contributed by atoms with Gasteiger partial charge in [0.2, 0.25) is 0 Å². The van der Waals surface area contributed by atoms with Crippen molar-refractivity contribution in [2.75, 3.05) is 11.4 Å². The molecule has 0 saturated carbocycles. The molecule has 1 aromatic carbocycles. The van der Waals surface area contributed by atoms with E-state index in [1.54, 1.807) is 0 Å². The molecule has 2 rings (SSSR count). The van der Waals surface area contributed by atoms with Gasteiger partial charge in [-0.15, -0.1) is 0 Å². The van der Waals surface area contributed by atoms with Gasteiger partial charge >= 0.3 is 0 Å². The molecular formula is C25H42N2.